The van der Waals surface area contributed by atoms with E-state index >= 15 is 0 Å². The predicted octanol–water partition coefficient (Wildman–Crippen LogP) is 4.26. The molecule has 0 saturated carbocycles. The van der Waals surface area contributed by atoms with Gasteiger partial charge < -0.3 is 0 Å². The van der Waals surface area contributed by atoms with Crippen LogP contribution in [0.15, 0.2) is 39.4 Å². The zero-order chi connectivity index (χ0) is 11.1. The molecule has 1 nitrogen and oxygen atoms in total. The molecule has 0 atom stereocenters. The normalized spacial score (nSPS) is 13.3. The van der Waals surface area contributed by atoms with Crippen molar-refractivity contribution in [3.05, 3.63) is 34.4 Å². The molecule has 0 saturated heterocycles. The van der Waals surface area contributed by atoms with Gasteiger partial charge in [0.25, 0.3) is 0 Å². The fraction of sp³-hybridized carbons (Fsp3) is 0.417. The standard InChI is InChI=1S/C12H19NS.H2S/c1-6-7-8-10(4)12(11(5)14)13-9(2)3;/h6-8,14H,1-5H3;1H2/b7-6-,10-8+,12-11-;. The van der Waals surface area contributed by atoms with Crippen LogP contribution < -0.4 is 0 Å². The zero-order valence-electron chi connectivity index (χ0n) is 10.1. The van der Waals surface area contributed by atoms with Crippen molar-refractivity contribution in [2.45, 2.75) is 34.6 Å². The predicted molar refractivity (Wildman–Crippen MR) is 79.4 cm³/mol. The lowest BCUT2D eigenvalue weighted by atomic mass is 10.2. The number of hydrogen-bond acceptors (Lipinski definition) is 2. The van der Waals surface area contributed by atoms with Gasteiger partial charge in [-0.05, 0) is 40.2 Å². The van der Waals surface area contributed by atoms with E-state index in [9.17, 15) is 0 Å². The Morgan fingerprint density at radius 3 is 2.00 bits per heavy atom. The minimum atomic E-state index is 0. The Morgan fingerprint density at radius 2 is 1.67 bits per heavy atom. The maximum Gasteiger partial charge on any atom is 0.0747 e. The van der Waals surface area contributed by atoms with Crippen molar-refractivity contribution in [1.82, 2.24) is 0 Å². The summed E-state index contributed by atoms with van der Waals surface area (Å²) in [5.74, 6) is 0. The van der Waals surface area contributed by atoms with Gasteiger partial charge in [-0.1, -0.05) is 18.2 Å². The van der Waals surface area contributed by atoms with Gasteiger partial charge in [-0.15, -0.1) is 12.6 Å². The average molecular weight is 243 g/mol. The molecule has 0 aliphatic heterocycles. The van der Waals surface area contributed by atoms with Crippen LogP contribution >= 0.6 is 26.1 Å². The fourth-order valence-electron chi connectivity index (χ4n) is 0.998. The lowest BCUT2D eigenvalue weighted by Crippen LogP contribution is -1.89. The maximum absolute atomic E-state index is 4.45. The van der Waals surface area contributed by atoms with E-state index in [1.165, 1.54) is 0 Å². The minimum absolute atomic E-state index is 0. The second kappa shape index (κ2) is 8.86. The molecule has 0 aromatic rings. The van der Waals surface area contributed by atoms with E-state index in [2.05, 4.69) is 17.6 Å². The van der Waals surface area contributed by atoms with Gasteiger partial charge in [0.05, 0.1) is 5.70 Å². The summed E-state index contributed by atoms with van der Waals surface area (Å²) in [6, 6.07) is 0. The molecular weight excluding hydrogens is 222 g/mol. The first-order valence-electron chi connectivity index (χ1n) is 4.70. The minimum Gasteiger partial charge on any atom is -0.257 e. The summed E-state index contributed by atoms with van der Waals surface area (Å²) >= 11 is 4.34. The molecule has 0 aromatic heterocycles. The second-order valence-corrected chi connectivity index (χ2v) is 4.04. The first-order chi connectivity index (χ1) is 6.49. The molecule has 0 N–H and O–H groups in total. The first-order valence-corrected chi connectivity index (χ1v) is 5.15. The van der Waals surface area contributed by atoms with E-state index in [0.717, 1.165) is 21.9 Å². The second-order valence-electron chi connectivity index (χ2n) is 3.37. The molecule has 86 valence electrons. The van der Waals surface area contributed by atoms with Crippen molar-refractivity contribution in [3.63, 3.8) is 0 Å². The van der Waals surface area contributed by atoms with E-state index in [1.54, 1.807) is 0 Å². The van der Waals surface area contributed by atoms with Gasteiger partial charge in [0.2, 0.25) is 0 Å². The van der Waals surface area contributed by atoms with E-state index in [4.69, 9.17) is 0 Å². The van der Waals surface area contributed by atoms with Crippen LogP contribution in [0.4, 0.5) is 0 Å². The van der Waals surface area contributed by atoms with Gasteiger partial charge in [0.15, 0.2) is 0 Å². The van der Waals surface area contributed by atoms with E-state index in [1.807, 2.05) is 52.8 Å². The number of allylic oxidation sites excluding steroid dienone is 5. The molecule has 0 unspecified atom stereocenters. The van der Waals surface area contributed by atoms with Gasteiger partial charge in [-0.3, -0.25) is 4.99 Å². The van der Waals surface area contributed by atoms with Gasteiger partial charge in [-0.25, -0.2) is 0 Å². The summed E-state index contributed by atoms with van der Waals surface area (Å²) in [4.78, 5) is 5.40. The molecule has 15 heavy (non-hydrogen) atoms. The Kier molecular flexibility index (Phi) is 10.0. The number of aliphatic imine (C=N–C) groups is 1. The highest BCUT2D eigenvalue weighted by molar-refractivity contribution is 7.84. The Balaban J connectivity index is 0. The van der Waals surface area contributed by atoms with Gasteiger partial charge >= 0.3 is 0 Å². The zero-order valence-corrected chi connectivity index (χ0v) is 12.0. The molecule has 0 aliphatic carbocycles. The van der Waals surface area contributed by atoms with Crippen LogP contribution in [0.2, 0.25) is 0 Å². The summed E-state index contributed by atoms with van der Waals surface area (Å²) in [5.41, 5.74) is 3.14. The van der Waals surface area contributed by atoms with Crippen LogP contribution in [-0.4, -0.2) is 5.71 Å². The third-order valence-corrected chi connectivity index (χ3v) is 1.80. The quantitative estimate of drug-likeness (QED) is 0.432. The van der Waals surface area contributed by atoms with E-state index in [0.29, 0.717) is 0 Å². The Hall–Kier alpha value is -0.410. The summed E-state index contributed by atoms with van der Waals surface area (Å²) in [5, 5.41) is 0. The maximum atomic E-state index is 4.45. The number of rotatable bonds is 3. The molecule has 0 heterocycles. The third kappa shape index (κ3) is 7.51. The molecular formula is C12H21NS2. The van der Waals surface area contributed by atoms with Crippen LogP contribution in [-0.2, 0) is 0 Å². The molecule has 0 amide bonds. The fourth-order valence-corrected chi connectivity index (χ4v) is 1.22. The summed E-state index contributed by atoms with van der Waals surface area (Å²) < 4.78 is 0. The summed E-state index contributed by atoms with van der Waals surface area (Å²) in [6.45, 7) is 9.97. The lowest BCUT2D eigenvalue weighted by Gasteiger charge is -2.04. The van der Waals surface area contributed by atoms with Crippen LogP contribution in [0, 0.1) is 0 Å². The van der Waals surface area contributed by atoms with Crippen LogP contribution in [0.3, 0.4) is 0 Å². The number of thiol groups is 1. The first kappa shape index (κ1) is 17.0. The highest BCUT2D eigenvalue weighted by Crippen LogP contribution is 2.18. The highest BCUT2D eigenvalue weighted by atomic mass is 32.1. The van der Waals surface area contributed by atoms with E-state index in [-0.39, 0.29) is 13.5 Å². The molecule has 0 aliphatic rings. The van der Waals surface area contributed by atoms with Gasteiger partial charge in [-0.2, -0.15) is 13.5 Å². The summed E-state index contributed by atoms with van der Waals surface area (Å²) in [6.07, 6.45) is 6.05. The number of nitrogens with zero attached hydrogens (tertiary/aromatic N) is 1. The van der Waals surface area contributed by atoms with Crippen LogP contribution in [0.5, 0.6) is 0 Å². The average Bonchev–Trinajstić information content (AvgIpc) is 2.09. The molecule has 0 fully saturated rings. The van der Waals surface area contributed by atoms with Crippen molar-refractivity contribution in [3.8, 4) is 0 Å². The largest absolute Gasteiger partial charge is 0.257 e. The molecule has 0 rings (SSSR count). The van der Waals surface area contributed by atoms with E-state index < -0.39 is 0 Å². The smallest absolute Gasteiger partial charge is 0.0747 e. The van der Waals surface area contributed by atoms with Gasteiger partial charge in [0, 0.05) is 10.6 Å². The number of hydrogen-bond donors (Lipinski definition) is 1. The molecule has 0 bridgehead atoms. The van der Waals surface area contributed by atoms with Crippen LogP contribution in [0.1, 0.15) is 34.6 Å². The summed E-state index contributed by atoms with van der Waals surface area (Å²) in [7, 11) is 0. The van der Waals surface area contributed by atoms with Crippen molar-refractivity contribution in [2.24, 2.45) is 4.99 Å². The third-order valence-electron chi connectivity index (χ3n) is 1.59. The van der Waals surface area contributed by atoms with Crippen molar-refractivity contribution < 1.29 is 0 Å². The van der Waals surface area contributed by atoms with Crippen molar-refractivity contribution in [2.75, 3.05) is 0 Å². The van der Waals surface area contributed by atoms with Crippen molar-refractivity contribution in [1.29, 1.82) is 0 Å². The lowest BCUT2D eigenvalue weighted by molar-refractivity contribution is 1.25. The Bertz CT molecular complexity index is 302. The van der Waals surface area contributed by atoms with Crippen LogP contribution in [0.25, 0.3) is 0 Å². The SMILES string of the molecule is C\C=C/C=C(C)/C(N=C(C)C)=C(\C)S.S. The molecule has 0 spiro atoms. The van der Waals surface area contributed by atoms with Gasteiger partial charge in [0.1, 0.15) is 0 Å². The molecule has 0 radical (unpaired) electrons. The topological polar surface area (TPSA) is 12.4 Å². The molecule has 0 aromatic carbocycles. The monoisotopic (exact) mass is 243 g/mol. The highest BCUT2D eigenvalue weighted by Gasteiger charge is 2.00. The Labute approximate surface area is 106 Å². The van der Waals surface area contributed by atoms with Crippen molar-refractivity contribution >= 4 is 31.8 Å². The molecule has 3 heteroatoms. The Morgan fingerprint density at radius 1 is 1.13 bits per heavy atom.